The zero-order valence-corrected chi connectivity index (χ0v) is 8.58. The van der Waals surface area contributed by atoms with E-state index in [2.05, 4.69) is 22.3 Å². The number of hydrogen-bond acceptors (Lipinski definition) is 5. The fourth-order valence-electron chi connectivity index (χ4n) is 1.16. The number of nitrogens with two attached hydrogens (primary N) is 1. The smallest absolute Gasteiger partial charge is 0.221 e. The van der Waals surface area contributed by atoms with Gasteiger partial charge >= 0.3 is 0 Å². The zero-order valence-electron chi connectivity index (χ0n) is 8.58. The normalized spacial score (nSPS) is 9.93. The first kappa shape index (κ1) is 10.7. The lowest BCUT2D eigenvalue weighted by Crippen LogP contribution is -2.13. The summed E-state index contributed by atoms with van der Waals surface area (Å²) in [4.78, 5) is 8.08. The Kier molecular flexibility index (Phi) is 4.12. The number of ether oxygens (including phenoxy) is 1. The van der Waals surface area contributed by atoms with Crippen molar-refractivity contribution in [1.29, 1.82) is 0 Å². The van der Waals surface area contributed by atoms with Crippen LogP contribution in [0.5, 0.6) is 5.88 Å². The predicted octanol–water partition coefficient (Wildman–Crippen LogP) is 1.11. The first-order chi connectivity index (χ1) is 6.83. The SMILES string of the molecule is CCCOc1ncnc(NN)c1CC. The summed E-state index contributed by atoms with van der Waals surface area (Å²) in [7, 11) is 0. The van der Waals surface area contributed by atoms with Crippen LogP contribution in [0.1, 0.15) is 25.8 Å². The lowest BCUT2D eigenvalue weighted by atomic mass is 10.2. The van der Waals surface area contributed by atoms with E-state index in [1.54, 1.807) is 0 Å². The summed E-state index contributed by atoms with van der Waals surface area (Å²) in [6.45, 7) is 4.72. The Balaban J connectivity index is 2.90. The number of hydrogen-bond donors (Lipinski definition) is 2. The highest BCUT2D eigenvalue weighted by Crippen LogP contribution is 2.21. The van der Waals surface area contributed by atoms with Crippen molar-refractivity contribution in [1.82, 2.24) is 9.97 Å². The van der Waals surface area contributed by atoms with Crippen molar-refractivity contribution in [2.24, 2.45) is 5.84 Å². The van der Waals surface area contributed by atoms with Gasteiger partial charge in [0.15, 0.2) is 0 Å². The average Bonchev–Trinajstić information content (AvgIpc) is 2.25. The molecule has 78 valence electrons. The Morgan fingerprint density at radius 1 is 1.43 bits per heavy atom. The molecule has 0 unspecified atom stereocenters. The van der Waals surface area contributed by atoms with Crippen molar-refractivity contribution in [2.45, 2.75) is 26.7 Å². The maximum absolute atomic E-state index is 5.47. The monoisotopic (exact) mass is 196 g/mol. The number of nitrogens with one attached hydrogen (secondary N) is 1. The van der Waals surface area contributed by atoms with Gasteiger partial charge in [-0.1, -0.05) is 13.8 Å². The minimum atomic E-state index is 0.623. The molecule has 5 heteroatoms. The van der Waals surface area contributed by atoms with Gasteiger partial charge < -0.3 is 10.2 Å². The number of anilines is 1. The summed E-state index contributed by atoms with van der Waals surface area (Å²) >= 11 is 0. The highest BCUT2D eigenvalue weighted by molar-refractivity contribution is 5.47. The Hall–Kier alpha value is -1.36. The molecule has 0 aliphatic rings. The molecule has 0 aliphatic heterocycles. The van der Waals surface area contributed by atoms with Crippen LogP contribution in [0.15, 0.2) is 6.33 Å². The lowest BCUT2D eigenvalue weighted by Gasteiger charge is -2.10. The maximum atomic E-state index is 5.47. The van der Waals surface area contributed by atoms with Crippen LogP contribution >= 0.6 is 0 Å². The van der Waals surface area contributed by atoms with E-state index >= 15 is 0 Å². The van der Waals surface area contributed by atoms with Gasteiger partial charge in [0.05, 0.1) is 12.2 Å². The third-order valence-electron chi connectivity index (χ3n) is 1.84. The van der Waals surface area contributed by atoms with Gasteiger partial charge in [0.25, 0.3) is 0 Å². The second kappa shape index (κ2) is 5.39. The van der Waals surface area contributed by atoms with E-state index in [1.165, 1.54) is 6.33 Å². The lowest BCUT2D eigenvalue weighted by molar-refractivity contribution is 0.301. The summed E-state index contributed by atoms with van der Waals surface area (Å²) in [6.07, 6.45) is 3.19. The van der Waals surface area contributed by atoms with Gasteiger partial charge in [-0.25, -0.2) is 15.8 Å². The molecule has 0 bridgehead atoms. The molecule has 0 spiro atoms. The molecule has 1 heterocycles. The minimum absolute atomic E-state index is 0.623. The molecule has 5 nitrogen and oxygen atoms in total. The highest BCUT2D eigenvalue weighted by atomic mass is 16.5. The van der Waals surface area contributed by atoms with Crippen LogP contribution in [0.2, 0.25) is 0 Å². The summed E-state index contributed by atoms with van der Waals surface area (Å²) in [5, 5.41) is 0. The Bertz CT molecular complexity index is 290. The maximum Gasteiger partial charge on any atom is 0.221 e. The number of nitrogens with zero attached hydrogens (tertiary/aromatic N) is 2. The van der Waals surface area contributed by atoms with E-state index in [0.717, 1.165) is 18.4 Å². The van der Waals surface area contributed by atoms with Crippen LogP contribution in [0.25, 0.3) is 0 Å². The van der Waals surface area contributed by atoms with Gasteiger partial charge in [0, 0.05) is 0 Å². The summed E-state index contributed by atoms with van der Waals surface area (Å²) < 4.78 is 5.47. The topological polar surface area (TPSA) is 73.1 Å². The van der Waals surface area contributed by atoms with E-state index < -0.39 is 0 Å². The number of nitrogen functional groups attached to an aromatic ring is 1. The van der Waals surface area contributed by atoms with Crippen LogP contribution < -0.4 is 16.0 Å². The molecule has 1 rings (SSSR count). The van der Waals surface area contributed by atoms with Gasteiger partial charge in [-0.2, -0.15) is 0 Å². The molecule has 1 aromatic heterocycles. The molecule has 0 atom stereocenters. The number of hydrazine groups is 1. The second-order valence-electron chi connectivity index (χ2n) is 2.85. The molecular weight excluding hydrogens is 180 g/mol. The van der Waals surface area contributed by atoms with Gasteiger partial charge in [-0.05, 0) is 12.8 Å². The number of rotatable bonds is 5. The second-order valence-corrected chi connectivity index (χ2v) is 2.85. The Labute approximate surface area is 83.7 Å². The molecule has 0 aliphatic carbocycles. The van der Waals surface area contributed by atoms with Crippen molar-refractivity contribution >= 4 is 5.82 Å². The summed E-state index contributed by atoms with van der Waals surface area (Å²) in [5.74, 6) is 6.58. The standard InChI is InChI=1S/C9H16N4O/c1-3-5-14-9-7(4-2)8(13-10)11-6-12-9/h6H,3-5,10H2,1-2H3,(H,11,12,13). The molecule has 1 aromatic rings. The van der Waals surface area contributed by atoms with Gasteiger partial charge in [0.1, 0.15) is 12.1 Å². The van der Waals surface area contributed by atoms with E-state index in [4.69, 9.17) is 10.6 Å². The molecule has 0 saturated carbocycles. The molecular formula is C9H16N4O. The van der Waals surface area contributed by atoms with Crippen LogP contribution in [0, 0.1) is 0 Å². The van der Waals surface area contributed by atoms with E-state index in [1.807, 2.05) is 6.92 Å². The summed E-state index contributed by atoms with van der Waals surface area (Å²) in [5.41, 5.74) is 3.45. The minimum Gasteiger partial charge on any atom is -0.477 e. The van der Waals surface area contributed by atoms with Crippen molar-refractivity contribution in [2.75, 3.05) is 12.0 Å². The Morgan fingerprint density at radius 3 is 2.79 bits per heavy atom. The van der Waals surface area contributed by atoms with Crippen LogP contribution in [-0.4, -0.2) is 16.6 Å². The molecule has 0 aromatic carbocycles. The molecule has 0 amide bonds. The van der Waals surface area contributed by atoms with E-state index in [0.29, 0.717) is 18.3 Å². The number of aromatic nitrogens is 2. The third-order valence-corrected chi connectivity index (χ3v) is 1.84. The first-order valence-electron chi connectivity index (χ1n) is 4.76. The van der Waals surface area contributed by atoms with Gasteiger partial charge in [0.2, 0.25) is 5.88 Å². The van der Waals surface area contributed by atoms with Crippen molar-refractivity contribution in [3.05, 3.63) is 11.9 Å². The molecule has 0 fully saturated rings. The van der Waals surface area contributed by atoms with E-state index in [-0.39, 0.29) is 0 Å². The Morgan fingerprint density at radius 2 is 2.21 bits per heavy atom. The largest absolute Gasteiger partial charge is 0.477 e. The van der Waals surface area contributed by atoms with E-state index in [9.17, 15) is 0 Å². The van der Waals surface area contributed by atoms with Crippen LogP contribution in [-0.2, 0) is 6.42 Å². The average molecular weight is 196 g/mol. The van der Waals surface area contributed by atoms with Gasteiger partial charge in [-0.3, -0.25) is 0 Å². The first-order valence-corrected chi connectivity index (χ1v) is 4.76. The quantitative estimate of drug-likeness (QED) is 0.545. The molecule has 3 N–H and O–H groups in total. The van der Waals surface area contributed by atoms with Crippen LogP contribution in [0.3, 0.4) is 0 Å². The highest BCUT2D eigenvalue weighted by Gasteiger charge is 2.09. The third kappa shape index (κ3) is 2.32. The fraction of sp³-hybridized carbons (Fsp3) is 0.556. The summed E-state index contributed by atoms with van der Waals surface area (Å²) in [6, 6.07) is 0. The molecule has 0 radical (unpaired) electrons. The van der Waals surface area contributed by atoms with Crippen molar-refractivity contribution in [3.63, 3.8) is 0 Å². The van der Waals surface area contributed by atoms with Gasteiger partial charge in [-0.15, -0.1) is 0 Å². The zero-order chi connectivity index (χ0) is 10.4. The van der Waals surface area contributed by atoms with Crippen molar-refractivity contribution < 1.29 is 4.74 Å². The predicted molar refractivity (Wildman–Crippen MR) is 55.0 cm³/mol. The van der Waals surface area contributed by atoms with Crippen molar-refractivity contribution in [3.8, 4) is 5.88 Å². The van der Waals surface area contributed by atoms with Crippen LogP contribution in [0.4, 0.5) is 5.82 Å². The molecule has 0 saturated heterocycles. The fourth-order valence-corrected chi connectivity index (χ4v) is 1.16. The molecule has 14 heavy (non-hydrogen) atoms.